The predicted octanol–water partition coefficient (Wildman–Crippen LogP) is 3.06. The second-order valence-electron chi connectivity index (χ2n) is 6.08. The van der Waals surface area contributed by atoms with E-state index in [9.17, 15) is 9.18 Å². The van der Waals surface area contributed by atoms with Crippen molar-refractivity contribution in [3.63, 3.8) is 0 Å². The maximum Gasteiger partial charge on any atom is 0.256 e. The number of nitrogens with two attached hydrogens (primary N) is 1. The number of amides is 1. The van der Waals surface area contributed by atoms with E-state index in [-0.39, 0.29) is 17.5 Å². The molecule has 2 aromatic rings. The first-order valence-electron chi connectivity index (χ1n) is 8.07. The monoisotopic (exact) mass is 328 g/mol. The summed E-state index contributed by atoms with van der Waals surface area (Å²) in [6, 6.07) is 12.1. The van der Waals surface area contributed by atoms with Gasteiger partial charge in [0.25, 0.3) is 5.91 Å². The molecule has 1 fully saturated rings. The van der Waals surface area contributed by atoms with Crippen LogP contribution in [-0.2, 0) is 0 Å². The quantitative estimate of drug-likeness (QED) is 0.942. The first-order valence-corrected chi connectivity index (χ1v) is 8.07. The van der Waals surface area contributed by atoms with Crippen molar-refractivity contribution in [2.75, 3.05) is 20.2 Å². The number of hydrogen-bond donors (Lipinski definition) is 1. The minimum absolute atomic E-state index is 0.0238. The van der Waals surface area contributed by atoms with Crippen LogP contribution in [0.25, 0.3) is 11.1 Å². The molecule has 2 aromatic carbocycles. The number of rotatable bonds is 3. The Morgan fingerprint density at radius 1 is 1.21 bits per heavy atom. The number of carbonyl (C=O) groups excluding carboxylic acids is 1. The summed E-state index contributed by atoms with van der Waals surface area (Å²) < 4.78 is 19.6. The van der Waals surface area contributed by atoms with Crippen molar-refractivity contribution < 1.29 is 13.9 Å². The standard InChI is InChI=1S/C19H21FN2O2/c1-24-16-7-4-13(5-8-16)14-6-9-17(18(20)11-14)19(23)22-10-2-3-15(21)12-22/h4-9,11,15H,2-3,10,12,21H2,1H3. The highest BCUT2D eigenvalue weighted by molar-refractivity contribution is 5.95. The van der Waals surface area contributed by atoms with Crippen LogP contribution in [0.5, 0.6) is 5.75 Å². The Kier molecular flexibility index (Phi) is 4.81. The van der Waals surface area contributed by atoms with E-state index < -0.39 is 5.82 Å². The molecule has 1 saturated heterocycles. The van der Waals surface area contributed by atoms with Gasteiger partial charge in [-0.05, 0) is 48.2 Å². The molecular weight excluding hydrogens is 307 g/mol. The van der Waals surface area contributed by atoms with E-state index in [0.29, 0.717) is 13.1 Å². The van der Waals surface area contributed by atoms with E-state index in [1.54, 1.807) is 24.1 Å². The fraction of sp³-hybridized carbons (Fsp3) is 0.316. The average molecular weight is 328 g/mol. The van der Waals surface area contributed by atoms with Gasteiger partial charge in [-0.2, -0.15) is 0 Å². The van der Waals surface area contributed by atoms with Crippen LogP contribution in [0.15, 0.2) is 42.5 Å². The van der Waals surface area contributed by atoms with Gasteiger partial charge in [0, 0.05) is 19.1 Å². The summed E-state index contributed by atoms with van der Waals surface area (Å²) in [4.78, 5) is 14.1. The SMILES string of the molecule is COc1ccc(-c2ccc(C(=O)N3CCCC(N)C3)c(F)c2)cc1. The van der Waals surface area contributed by atoms with Gasteiger partial charge < -0.3 is 15.4 Å². The molecule has 0 spiro atoms. The number of carbonyl (C=O) groups is 1. The van der Waals surface area contributed by atoms with Crippen LogP contribution >= 0.6 is 0 Å². The van der Waals surface area contributed by atoms with Crippen LogP contribution in [0.3, 0.4) is 0 Å². The number of methoxy groups -OCH3 is 1. The summed E-state index contributed by atoms with van der Waals surface area (Å²) in [5.74, 6) is -0.0520. The van der Waals surface area contributed by atoms with E-state index in [2.05, 4.69) is 0 Å². The van der Waals surface area contributed by atoms with Crippen LogP contribution < -0.4 is 10.5 Å². The third-order valence-corrected chi connectivity index (χ3v) is 4.37. The largest absolute Gasteiger partial charge is 0.497 e. The Hall–Kier alpha value is -2.40. The smallest absolute Gasteiger partial charge is 0.256 e. The summed E-state index contributed by atoms with van der Waals surface area (Å²) in [7, 11) is 1.60. The normalized spacial score (nSPS) is 17.6. The molecule has 126 valence electrons. The Balaban J connectivity index is 1.82. The number of halogens is 1. The van der Waals surface area contributed by atoms with E-state index in [1.165, 1.54) is 6.07 Å². The summed E-state index contributed by atoms with van der Waals surface area (Å²) in [6.07, 6.45) is 1.77. The summed E-state index contributed by atoms with van der Waals surface area (Å²) >= 11 is 0. The zero-order chi connectivity index (χ0) is 17.1. The highest BCUT2D eigenvalue weighted by Crippen LogP contribution is 2.25. The number of benzene rings is 2. The molecule has 1 amide bonds. The van der Waals surface area contributed by atoms with Gasteiger partial charge in [-0.1, -0.05) is 18.2 Å². The molecule has 3 rings (SSSR count). The molecule has 1 heterocycles. The fourth-order valence-electron chi connectivity index (χ4n) is 3.02. The van der Waals surface area contributed by atoms with Gasteiger partial charge in [-0.25, -0.2) is 4.39 Å². The topological polar surface area (TPSA) is 55.6 Å². The molecule has 0 radical (unpaired) electrons. The van der Waals surface area contributed by atoms with Crippen molar-refractivity contribution in [3.05, 3.63) is 53.8 Å². The second kappa shape index (κ2) is 7.01. The van der Waals surface area contributed by atoms with Gasteiger partial charge in [-0.3, -0.25) is 4.79 Å². The number of nitrogens with zero attached hydrogens (tertiary/aromatic N) is 1. The number of hydrogen-bond acceptors (Lipinski definition) is 3. The lowest BCUT2D eigenvalue weighted by Crippen LogP contribution is -2.45. The molecule has 0 aromatic heterocycles. The number of ether oxygens (including phenoxy) is 1. The van der Waals surface area contributed by atoms with Gasteiger partial charge >= 0.3 is 0 Å². The molecule has 24 heavy (non-hydrogen) atoms. The van der Waals surface area contributed by atoms with Gasteiger partial charge in [0.05, 0.1) is 12.7 Å². The van der Waals surface area contributed by atoms with Gasteiger partial charge in [0.2, 0.25) is 0 Å². The molecule has 0 aliphatic carbocycles. The Labute approximate surface area is 141 Å². The van der Waals surface area contributed by atoms with Gasteiger partial charge in [0.15, 0.2) is 0 Å². The van der Waals surface area contributed by atoms with Crippen molar-refractivity contribution in [1.82, 2.24) is 4.90 Å². The predicted molar refractivity (Wildman–Crippen MR) is 91.5 cm³/mol. The lowest BCUT2D eigenvalue weighted by atomic mass is 10.0. The van der Waals surface area contributed by atoms with Crippen molar-refractivity contribution in [3.8, 4) is 16.9 Å². The van der Waals surface area contributed by atoms with E-state index in [0.717, 1.165) is 29.7 Å². The fourth-order valence-corrected chi connectivity index (χ4v) is 3.02. The molecule has 0 bridgehead atoms. The lowest BCUT2D eigenvalue weighted by molar-refractivity contribution is 0.0704. The van der Waals surface area contributed by atoms with Crippen molar-refractivity contribution >= 4 is 5.91 Å². The molecule has 1 unspecified atom stereocenters. The van der Waals surface area contributed by atoms with Crippen LogP contribution in [0.2, 0.25) is 0 Å². The van der Waals surface area contributed by atoms with Crippen LogP contribution in [0.4, 0.5) is 4.39 Å². The Bertz CT molecular complexity index is 731. The first kappa shape index (κ1) is 16.5. The highest BCUT2D eigenvalue weighted by Gasteiger charge is 2.24. The zero-order valence-corrected chi connectivity index (χ0v) is 13.7. The molecule has 2 N–H and O–H groups in total. The molecule has 0 saturated carbocycles. The van der Waals surface area contributed by atoms with E-state index >= 15 is 0 Å². The Morgan fingerprint density at radius 3 is 2.54 bits per heavy atom. The zero-order valence-electron chi connectivity index (χ0n) is 13.7. The number of likely N-dealkylation sites (tertiary alicyclic amines) is 1. The summed E-state index contributed by atoms with van der Waals surface area (Å²) in [6.45, 7) is 1.12. The molecular formula is C19H21FN2O2. The molecule has 1 aliphatic rings. The highest BCUT2D eigenvalue weighted by atomic mass is 19.1. The minimum Gasteiger partial charge on any atom is -0.497 e. The Morgan fingerprint density at radius 2 is 1.92 bits per heavy atom. The van der Waals surface area contributed by atoms with E-state index in [1.807, 2.05) is 24.3 Å². The summed E-state index contributed by atoms with van der Waals surface area (Å²) in [5, 5.41) is 0. The number of piperidine rings is 1. The average Bonchev–Trinajstić information content (AvgIpc) is 2.61. The lowest BCUT2D eigenvalue weighted by Gasteiger charge is -2.30. The molecule has 1 aliphatic heterocycles. The van der Waals surface area contributed by atoms with E-state index in [4.69, 9.17) is 10.5 Å². The van der Waals surface area contributed by atoms with Crippen LogP contribution in [-0.4, -0.2) is 37.0 Å². The molecule has 5 heteroatoms. The third-order valence-electron chi connectivity index (χ3n) is 4.37. The maximum absolute atomic E-state index is 14.5. The van der Waals surface area contributed by atoms with Gasteiger partial charge in [0.1, 0.15) is 11.6 Å². The van der Waals surface area contributed by atoms with Crippen LogP contribution in [0.1, 0.15) is 23.2 Å². The second-order valence-corrected chi connectivity index (χ2v) is 6.08. The maximum atomic E-state index is 14.5. The van der Waals surface area contributed by atoms with Crippen molar-refractivity contribution in [2.45, 2.75) is 18.9 Å². The van der Waals surface area contributed by atoms with Crippen molar-refractivity contribution in [2.24, 2.45) is 5.73 Å². The molecule has 4 nitrogen and oxygen atoms in total. The van der Waals surface area contributed by atoms with Crippen LogP contribution in [0, 0.1) is 5.82 Å². The van der Waals surface area contributed by atoms with Crippen molar-refractivity contribution in [1.29, 1.82) is 0 Å². The third kappa shape index (κ3) is 3.41. The first-order chi connectivity index (χ1) is 11.6. The minimum atomic E-state index is -0.507. The van der Waals surface area contributed by atoms with Gasteiger partial charge in [-0.15, -0.1) is 0 Å². The molecule has 1 atom stereocenters. The summed E-state index contributed by atoms with van der Waals surface area (Å²) in [5.41, 5.74) is 7.60.